The van der Waals surface area contributed by atoms with E-state index in [1.54, 1.807) is 25.3 Å². The molecule has 0 radical (unpaired) electrons. The molecule has 21 heavy (non-hydrogen) atoms. The monoisotopic (exact) mass is 308 g/mol. The molecule has 1 fully saturated rings. The lowest BCUT2D eigenvalue weighted by molar-refractivity contribution is -0.143. The number of rotatable bonds is 3. The van der Waals surface area contributed by atoms with Crippen molar-refractivity contribution in [1.82, 2.24) is 9.80 Å². The minimum atomic E-state index is -0.554. The average molecular weight is 308 g/mol. The van der Waals surface area contributed by atoms with Crippen LogP contribution in [-0.4, -0.2) is 47.5 Å². The molecule has 0 N–H and O–H groups in total. The number of amides is 1. The number of nitrogens with zero attached hydrogens (tertiary/aromatic N) is 2. The first kappa shape index (κ1) is 15.1. The molecule has 5 nitrogen and oxygen atoms in total. The molecule has 0 spiro atoms. The van der Waals surface area contributed by atoms with E-state index < -0.39 is 11.9 Å². The molecule has 2 rings (SSSR count). The number of likely N-dealkylation sites (N-methyl/N-ethyl adjacent to an activating group) is 1. The van der Waals surface area contributed by atoms with Crippen LogP contribution in [0.5, 0.6) is 0 Å². The van der Waals surface area contributed by atoms with E-state index in [1.807, 2.05) is 0 Å². The molecule has 1 saturated heterocycles. The third-order valence-electron chi connectivity index (χ3n) is 3.03. The minimum Gasteiger partial charge on any atom is -0.468 e. The lowest BCUT2D eigenvalue weighted by atomic mass is 10.2. The van der Waals surface area contributed by atoms with Gasteiger partial charge in [-0.15, -0.1) is 0 Å². The van der Waals surface area contributed by atoms with Gasteiger partial charge in [-0.2, -0.15) is 0 Å². The standard InChI is InChI=1S/C14H13FN2O3S/c1-16-11(7-9-3-5-10(15)6-4-9)13(19)17(14(16)21)8-12(18)20-2/h3-7H,8H2,1-2H3/b11-7-. The molecule has 1 amide bonds. The van der Waals surface area contributed by atoms with Gasteiger partial charge in [0.2, 0.25) is 0 Å². The second-order valence-electron chi connectivity index (χ2n) is 4.39. The van der Waals surface area contributed by atoms with E-state index in [9.17, 15) is 14.0 Å². The first-order chi connectivity index (χ1) is 9.93. The van der Waals surface area contributed by atoms with Gasteiger partial charge in [0.15, 0.2) is 5.11 Å². The Kier molecular flexibility index (Phi) is 4.32. The molecule has 0 bridgehead atoms. The maximum absolute atomic E-state index is 12.9. The van der Waals surface area contributed by atoms with Crippen LogP contribution >= 0.6 is 12.2 Å². The maximum Gasteiger partial charge on any atom is 0.325 e. The molecule has 0 atom stereocenters. The summed E-state index contributed by atoms with van der Waals surface area (Å²) < 4.78 is 17.4. The third kappa shape index (κ3) is 3.08. The fraction of sp³-hybridized carbons (Fsp3) is 0.214. The number of carbonyl (C=O) groups is 2. The molecule has 0 aromatic heterocycles. The Labute approximate surface area is 126 Å². The SMILES string of the molecule is COC(=O)CN1C(=O)/C(=C/c2ccc(F)cc2)N(C)C1=S. The summed E-state index contributed by atoms with van der Waals surface area (Å²) >= 11 is 5.14. The lowest BCUT2D eigenvalue weighted by Crippen LogP contribution is -2.36. The molecule has 7 heteroatoms. The number of esters is 1. The van der Waals surface area contributed by atoms with Crippen molar-refractivity contribution in [1.29, 1.82) is 0 Å². The highest BCUT2D eigenvalue weighted by molar-refractivity contribution is 7.80. The summed E-state index contributed by atoms with van der Waals surface area (Å²) in [7, 11) is 2.87. The Balaban J connectivity index is 2.28. The van der Waals surface area contributed by atoms with Gasteiger partial charge in [-0.1, -0.05) is 12.1 Å². The van der Waals surface area contributed by atoms with Crippen molar-refractivity contribution in [2.45, 2.75) is 0 Å². The van der Waals surface area contributed by atoms with Crippen LogP contribution in [0.3, 0.4) is 0 Å². The van der Waals surface area contributed by atoms with Crippen LogP contribution in [-0.2, 0) is 14.3 Å². The minimum absolute atomic E-state index is 0.221. The van der Waals surface area contributed by atoms with Gasteiger partial charge in [0.1, 0.15) is 18.1 Å². The molecule has 1 aromatic carbocycles. The van der Waals surface area contributed by atoms with Crippen molar-refractivity contribution in [3.05, 3.63) is 41.3 Å². The molecule has 0 unspecified atom stereocenters. The fourth-order valence-corrected chi connectivity index (χ4v) is 2.11. The molecule has 110 valence electrons. The summed E-state index contributed by atoms with van der Waals surface area (Å²) in [6.45, 7) is -0.237. The van der Waals surface area contributed by atoms with Crippen LogP contribution in [0.2, 0.25) is 0 Å². The fourth-order valence-electron chi connectivity index (χ4n) is 1.86. The maximum atomic E-state index is 12.9. The van der Waals surface area contributed by atoms with Gasteiger partial charge in [0.05, 0.1) is 7.11 Å². The number of hydrogen-bond donors (Lipinski definition) is 0. The quantitative estimate of drug-likeness (QED) is 0.480. The number of methoxy groups -OCH3 is 1. The third-order valence-corrected chi connectivity index (χ3v) is 3.53. The van der Waals surface area contributed by atoms with Crippen molar-refractivity contribution in [2.75, 3.05) is 20.7 Å². The smallest absolute Gasteiger partial charge is 0.325 e. The molecular weight excluding hydrogens is 295 g/mol. The molecule has 0 aliphatic carbocycles. The highest BCUT2D eigenvalue weighted by atomic mass is 32.1. The first-order valence-corrected chi connectivity index (χ1v) is 6.48. The summed E-state index contributed by atoms with van der Waals surface area (Å²) in [5, 5.41) is 0.221. The van der Waals surface area contributed by atoms with Gasteiger partial charge in [0.25, 0.3) is 5.91 Å². The highest BCUT2D eigenvalue weighted by Gasteiger charge is 2.36. The number of thiocarbonyl (C=S) groups is 1. The van der Waals surface area contributed by atoms with Gasteiger partial charge in [-0.3, -0.25) is 14.5 Å². The van der Waals surface area contributed by atoms with E-state index in [0.717, 1.165) is 4.90 Å². The zero-order valence-corrected chi connectivity index (χ0v) is 12.3. The number of halogens is 1. The Morgan fingerprint density at radius 1 is 1.38 bits per heavy atom. The van der Waals surface area contributed by atoms with Crippen LogP contribution < -0.4 is 0 Å². The van der Waals surface area contributed by atoms with E-state index in [2.05, 4.69) is 4.74 Å². The molecule has 0 saturated carbocycles. The predicted molar refractivity (Wildman–Crippen MR) is 78.5 cm³/mol. The summed E-state index contributed by atoms with van der Waals surface area (Å²) in [4.78, 5) is 26.3. The lowest BCUT2D eigenvalue weighted by Gasteiger charge is -2.14. The van der Waals surface area contributed by atoms with Crippen LogP contribution in [0.1, 0.15) is 5.56 Å². The summed E-state index contributed by atoms with van der Waals surface area (Å²) in [5.41, 5.74) is 0.977. The van der Waals surface area contributed by atoms with Gasteiger partial charge < -0.3 is 9.64 Å². The highest BCUT2D eigenvalue weighted by Crippen LogP contribution is 2.22. The van der Waals surface area contributed by atoms with Crippen LogP contribution in [0, 0.1) is 5.82 Å². The first-order valence-electron chi connectivity index (χ1n) is 6.07. The largest absolute Gasteiger partial charge is 0.468 e. The van der Waals surface area contributed by atoms with Crippen molar-refractivity contribution in [3.8, 4) is 0 Å². The Hall–Kier alpha value is -2.28. The topological polar surface area (TPSA) is 49.9 Å². The van der Waals surface area contributed by atoms with Crippen molar-refractivity contribution >= 4 is 35.3 Å². The zero-order valence-electron chi connectivity index (χ0n) is 11.5. The normalized spacial score (nSPS) is 16.8. The van der Waals surface area contributed by atoms with Crippen LogP contribution in [0.25, 0.3) is 6.08 Å². The Morgan fingerprint density at radius 3 is 2.57 bits per heavy atom. The molecule has 1 aliphatic rings. The van der Waals surface area contributed by atoms with Crippen molar-refractivity contribution in [2.24, 2.45) is 0 Å². The summed E-state index contributed by atoms with van der Waals surface area (Å²) in [5.74, 6) is -1.30. The number of carbonyl (C=O) groups excluding carboxylic acids is 2. The predicted octanol–water partition coefficient (Wildman–Crippen LogP) is 1.40. The van der Waals surface area contributed by atoms with Gasteiger partial charge in [-0.25, -0.2) is 4.39 Å². The average Bonchev–Trinajstić information content (AvgIpc) is 2.67. The number of hydrogen-bond acceptors (Lipinski definition) is 4. The van der Waals surface area contributed by atoms with E-state index in [1.165, 1.54) is 24.1 Å². The van der Waals surface area contributed by atoms with Crippen molar-refractivity contribution in [3.63, 3.8) is 0 Å². The second kappa shape index (κ2) is 6.01. The van der Waals surface area contributed by atoms with E-state index in [0.29, 0.717) is 11.3 Å². The zero-order chi connectivity index (χ0) is 15.6. The summed E-state index contributed by atoms with van der Waals surface area (Å²) in [6.07, 6.45) is 1.59. The van der Waals surface area contributed by atoms with E-state index >= 15 is 0 Å². The summed E-state index contributed by atoms with van der Waals surface area (Å²) in [6, 6.07) is 5.71. The molecule has 1 aromatic rings. The van der Waals surface area contributed by atoms with Gasteiger partial charge in [-0.05, 0) is 36.0 Å². The number of benzene rings is 1. The van der Waals surface area contributed by atoms with Gasteiger partial charge in [0, 0.05) is 7.05 Å². The van der Waals surface area contributed by atoms with E-state index in [4.69, 9.17) is 12.2 Å². The van der Waals surface area contributed by atoms with Crippen LogP contribution in [0.15, 0.2) is 30.0 Å². The van der Waals surface area contributed by atoms with E-state index in [-0.39, 0.29) is 17.5 Å². The molecular formula is C14H13FN2O3S. The van der Waals surface area contributed by atoms with Gasteiger partial charge >= 0.3 is 5.97 Å². The molecule has 1 heterocycles. The second-order valence-corrected chi connectivity index (χ2v) is 4.76. The molecule has 1 aliphatic heterocycles. The Morgan fingerprint density at radius 2 is 2.00 bits per heavy atom. The Bertz CT molecular complexity index is 628. The van der Waals surface area contributed by atoms with Crippen LogP contribution in [0.4, 0.5) is 4.39 Å². The van der Waals surface area contributed by atoms with Crippen molar-refractivity contribution < 1.29 is 18.7 Å². The number of ether oxygens (including phenoxy) is 1.